The Morgan fingerprint density at radius 3 is 0.971 bits per heavy atom. The third-order valence-corrected chi connectivity index (χ3v) is 22.4. The summed E-state index contributed by atoms with van der Waals surface area (Å²) in [7, 11) is 0. The van der Waals surface area contributed by atoms with Crippen molar-refractivity contribution >= 4 is 5.91 Å². The van der Waals surface area contributed by atoms with E-state index in [4.69, 9.17) is 18.9 Å². The number of carbonyl (C=O) groups is 1. The van der Waals surface area contributed by atoms with E-state index in [9.17, 15) is 45.6 Å². The van der Waals surface area contributed by atoms with E-state index >= 15 is 0 Å². The molecule has 2 heterocycles. The summed E-state index contributed by atoms with van der Waals surface area (Å²) in [6.45, 7) is 2.93. The van der Waals surface area contributed by atoms with Crippen LogP contribution in [0.2, 0.25) is 0 Å². The molecular weight excluding hydrogens is 1300 g/mol. The number of hydrogen-bond acceptors (Lipinski definition) is 13. The molecule has 2 saturated heterocycles. The summed E-state index contributed by atoms with van der Waals surface area (Å²) in [6, 6.07) is -0.830. The van der Waals surface area contributed by atoms with Crippen molar-refractivity contribution in [2.45, 2.75) is 511 Å². The second-order valence-electron chi connectivity index (χ2n) is 32.1. The van der Waals surface area contributed by atoms with Gasteiger partial charge in [0.2, 0.25) is 5.91 Å². The molecule has 12 atom stereocenters. The largest absolute Gasteiger partial charge is 0.394 e. The van der Waals surface area contributed by atoms with Crippen LogP contribution in [-0.4, -0.2) is 140 Å². The van der Waals surface area contributed by atoms with E-state index in [0.717, 1.165) is 64.2 Å². The number of allylic oxidation sites excluding steroid dienone is 6. The Balaban J connectivity index is 1.55. The van der Waals surface area contributed by atoms with Crippen LogP contribution in [-0.2, 0) is 23.7 Å². The molecule has 2 rings (SSSR count). The van der Waals surface area contributed by atoms with Crippen LogP contribution in [0.1, 0.15) is 438 Å². The van der Waals surface area contributed by atoms with Crippen molar-refractivity contribution < 1.29 is 64.6 Å². The van der Waals surface area contributed by atoms with Gasteiger partial charge in [0.25, 0.3) is 0 Å². The SMILES string of the molecule is CCCCCCC/C=C\C/C=C\C/C=C\CCCCCCCCCCCCCCCCCCCCCCCCC(=O)NC(COC1OC(CO)C(OC2OC(CO)C(O)C(O)C2O)C(O)C1O)C(O)CCCCCCCCCCCCCCCCCCCCCCCCCCCCCCCCCCC. The molecule has 14 heteroatoms. The Bertz CT molecular complexity index is 1890. The maximum atomic E-state index is 13.4. The predicted molar refractivity (Wildman–Crippen MR) is 434 cm³/mol. The third kappa shape index (κ3) is 55.6. The van der Waals surface area contributed by atoms with Gasteiger partial charge in [-0.1, -0.05) is 416 Å². The first kappa shape index (κ1) is 98.3. The van der Waals surface area contributed by atoms with Crippen LogP contribution in [0, 0.1) is 0 Å². The van der Waals surface area contributed by atoms with Crippen molar-refractivity contribution in [1.29, 1.82) is 0 Å². The highest BCUT2D eigenvalue weighted by Gasteiger charge is 2.51. The Kier molecular flexibility index (Phi) is 69.9. The van der Waals surface area contributed by atoms with Crippen LogP contribution in [0.5, 0.6) is 0 Å². The smallest absolute Gasteiger partial charge is 0.220 e. The van der Waals surface area contributed by atoms with E-state index in [1.165, 1.54) is 347 Å². The number of nitrogens with one attached hydrogen (secondary N) is 1. The van der Waals surface area contributed by atoms with E-state index in [0.29, 0.717) is 12.8 Å². The molecule has 0 aliphatic carbocycles. The molecule has 1 amide bonds. The summed E-state index contributed by atoms with van der Waals surface area (Å²) in [6.07, 6.45) is 82.2. The maximum Gasteiger partial charge on any atom is 0.220 e. The first-order valence-corrected chi connectivity index (χ1v) is 45.2. The monoisotopic (exact) mass is 1470 g/mol. The molecule has 2 aliphatic heterocycles. The molecule has 0 saturated carbocycles. The molecule has 2 aliphatic rings. The Hall–Kier alpha value is -1.79. The minimum atomic E-state index is -1.78. The number of amides is 1. The Morgan fingerprint density at radius 2 is 0.635 bits per heavy atom. The average molecular weight is 1480 g/mol. The summed E-state index contributed by atoms with van der Waals surface area (Å²) in [5.74, 6) is -0.197. The number of unbranched alkanes of at least 4 members (excludes halogenated alkanes) is 59. The molecule has 0 spiro atoms. The number of aliphatic hydroxyl groups is 8. The van der Waals surface area contributed by atoms with Crippen LogP contribution in [0.3, 0.4) is 0 Å². The highest BCUT2D eigenvalue weighted by atomic mass is 16.7. The molecule has 0 aromatic rings. The zero-order valence-corrected chi connectivity index (χ0v) is 67.8. The quantitative estimate of drug-likeness (QED) is 0.0204. The van der Waals surface area contributed by atoms with Crippen molar-refractivity contribution in [2.24, 2.45) is 0 Å². The van der Waals surface area contributed by atoms with Crippen molar-refractivity contribution in [2.75, 3.05) is 19.8 Å². The van der Waals surface area contributed by atoms with Crippen molar-refractivity contribution in [3.05, 3.63) is 36.5 Å². The molecule has 9 N–H and O–H groups in total. The van der Waals surface area contributed by atoms with Gasteiger partial charge in [0.05, 0.1) is 32.0 Å². The summed E-state index contributed by atoms with van der Waals surface area (Å²) in [5, 5.41) is 88.1. The molecule has 104 heavy (non-hydrogen) atoms. The Morgan fingerprint density at radius 1 is 0.346 bits per heavy atom. The van der Waals surface area contributed by atoms with Gasteiger partial charge in [-0.2, -0.15) is 0 Å². The number of ether oxygens (including phenoxy) is 4. The summed E-state index contributed by atoms with van der Waals surface area (Å²) in [4.78, 5) is 13.4. The first-order valence-electron chi connectivity index (χ1n) is 45.2. The molecule has 14 nitrogen and oxygen atoms in total. The second kappa shape index (κ2) is 74.0. The lowest BCUT2D eigenvalue weighted by atomic mass is 9.97. The van der Waals surface area contributed by atoms with Gasteiger partial charge < -0.3 is 65.1 Å². The fraction of sp³-hybridized carbons (Fsp3) is 0.922. The summed E-state index contributed by atoms with van der Waals surface area (Å²) >= 11 is 0. The first-order chi connectivity index (χ1) is 51.1. The van der Waals surface area contributed by atoms with Gasteiger partial charge in [-0.05, 0) is 51.4 Å². The molecule has 0 aromatic heterocycles. The van der Waals surface area contributed by atoms with E-state index in [1.807, 2.05) is 0 Å². The van der Waals surface area contributed by atoms with E-state index in [-0.39, 0.29) is 12.5 Å². The third-order valence-electron chi connectivity index (χ3n) is 22.4. The molecule has 0 bridgehead atoms. The lowest BCUT2D eigenvalue weighted by molar-refractivity contribution is -0.359. The molecule has 614 valence electrons. The lowest BCUT2D eigenvalue weighted by Gasteiger charge is -2.46. The fourth-order valence-electron chi connectivity index (χ4n) is 15.3. The standard InChI is InChI=1S/C90H171NO13/c1-3-5-7-9-11-13-15-17-19-21-23-25-27-29-31-33-35-37-38-39-40-42-44-46-48-50-52-54-56-58-60-62-64-66-68-70-72-74-82(95)91-78(77-101-89-87(100)85(98)88(81(76-93)103-89)104-90-86(99)84(97)83(96)80(75-92)102-90)79(94)73-71-69-67-65-63-61-59-57-55-53-51-49-47-45-43-41-36-34-32-30-28-26-24-22-20-18-16-14-12-10-8-6-4-2/h15,17,21,23,27,29,78-81,83-90,92-94,96-100H,3-14,16,18-20,22,24-26,28,30-77H2,1-2H3,(H,91,95)/b17-15-,23-21-,29-27-. The normalized spacial score (nSPS) is 21.6. The summed E-state index contributed by atoms with van der Waals surface area (Å²) in [5.41, 5.74) is 0. The van der Waals surface area contributed by atoms with Crippen molar-refractivity contribution in [3.63, 3.8) is 0 Å². The van der Waals surface area contributed by atoms with Crippen molar-refractivity contribution in [3.8, 4) is 0 Å². The maximum absolute atomic E-state index is 13.4. The minimum absolute atomic E-state index is 0.197. The Labute approximate surface area is 640 Å². The molecule has 12 unspecified atom stereocenters. The topological polar surface area (TPSA) is 228 Å². The van der Waals surface area contributed by atoms with Gasteiger partial charge in [0, 0.05) is 6.42 Å². The number of aliphatic hydroxyl groups excluding tert-OH is 8. The van der Waals surface area contributed by atoms with Crippen LogP contribution in [0.15, 0.2) is 36.5 Å². The number of hydrogen-bond donors (Lipinski definition) is 9. The fourth-order valence-corrected chi connectivity index (χ4v) is 15.3. The van der Waals surface area contributed by atoms with Crippen LogP contribution in [0.4, 0.5) is 0 Å². The van der Waals surface area contributed by atoms with Gasteiger partial charge in [-0.15, -0.1) is 0 Å². The van der Waals surface area contributed by atoms with Gasteiger partial charge >= 0.3 is 0 Å². The predicted octanol–water partition coefficient (Wildman–Crippen LogP) is 21.9. The van der Waals surface area contributed by atoms with Crippen LogP contribution in [0.25, 0.3) is 0 Å². The van der Waals surface area contributed by atoms with E-state index < -0.39 is 86.8 Å². The number of rotatable bonds is 78. The minimum Gasteiger partial charge on any atom is -0.394 e. The van der Waals surface area contributed by atoms with Gasteiger partial charge in [0.1, 0.15) is 48.8 Å². The zero-order chi connectivity index (χ0) is 75.1. The molecular formula is C90H171NO13. The van der Waals surface area contributed by atoms with E-state index in [2.05, 4.69) is 55.6 Å². The van der Waals surface area contributed by atoms with Crippen LogP contribution < -0.4 is 5.32 Å². The van der Waals surface area contributed by atoms with Gasteiger partial charge in [-0.3, -0.25) is 4.79 Å². The average Bonchev–Trinajstić information content (AvgIpc) is 0.790. The van der Waals surface area contributed by atoms with Gasteiger partial charge in [0.15, 0.2) is 12.6 Å². The number of carbonyl (C=O) groups excluding carboxylic acids is 1. The van der Waals surface area contributed by atoms with Gasteiger partial charge in [-0.25, -0.2) is 0 Å². The molecule has 0 radical (unpaired) electrons. The molecule has 2 fully saturated rings. The van der Waals surface area contributed by atoms with Crippen molar-refractivity contribution in [1.82, 2.24) is 5.32 Å². The second-order valence-corrected chi connectivity index (χ2v) is 32.1. The van der Waals surface area contributed by atoms with E-state index in [1.54, 1.807) is 0 Å². The highest BCUT2D eigenvalue weighted by molar-refractivity contribution is 5.76. The zero-order valence-electron chi connectivity index (χ0n) is 67.8. The summed E-state index contributed by atoms with van der Waals surface area (Å²) < 4.78 is 23.0. The molecule has 0 aromatic carbocycles. The van der Waals surface area contributed by atoms with Crippen LogP contribution >= 0.6 is 0 Å². The highest BCUT2D eigenvalue weighted by Crippen LogP contribution is 2.31. The lowest BCUT2D eigenvalue weighted by Crippen LogP contribution is -2.65.